The molecule has 0 heterocycles. The fourth-order valence-corrected chi connectivity index (χ4v) is 1.50. The number of ether oxygens (including phenoxy) is 1. The Bertz CT molecular complexity index is 171. The van der Waals surface area contributed by atoms with Gasteiger partial charge in [0.25, 0.3) is 0 Å². The van der Waals surface area contributed by atoms with Crippen LogP contribution < -0.4 is 5.73 Å². The van der Waals surface area contributed by atoms with Crippen molar-refractivity contribution in [3.05, 3.63) is 0 Å². The van der Waals surface area contributed by atoms with Crippen molar-refractivity contribution in [2.75, 3.05) is 6.54 Å². The monoisotopic (exact) mass is 203 g/mol. The van der Waals surface area contributed by atoms with E-state index >= 15 is 0 Å². The van der Waals surface area contributed by atoms with Gasteiger partial charge in [0.1, 0.15) is 0 Å². The van der Waals surface area contributed by atoms with Crippen LogP contribution in [-0.2, 0) is 9.53 Å². The van der Waals surface area contributed by atoms with Crippen LogP contribution in [-0.4, -0.2) is 29.8 Å². The van der Waals surface area contributed by atoms with Gasteiger partial charge in [-0.1, -0.05) is 0 Å². The van der Waals surface area contributed by atoms with E-state index < -0.39 is 5.97 Å². The molecule has 0 saturated carbocycles. The Kier molecular flexibility index (Phi) is 6.49. The Hall–Kier alpha value is -0.610. The van der Waals surface area contributed by atoms with Crippen LogP contribution in [0, 0.1) is 5.92 Å². The summed E-state index contributed by atoms with van der Waals surface area (Å²) in [5.41, 5.74) is 5.48. The van der Waals surface area contributed by atoms with Gasteiger partial charge < -0.3 is 15.6 Å². The lowest BCUT2D eigenvalue weighted by atomic mass is 9.99. The maximum atomic E-state index is 10.5. The predicted molar refractivity (Wildman–Crippen MR) is 55.1 cm³/mol. The average Bonchev–Trinajstić information content (AvgIpc) is 2.00. The number of carboxylic acid groups (broad SMARTS) is 1. The first-order valence-corrected chi connectivity index (χ1v) is 5.03. The lowest BCUT2D eigenvalue weighted by molar-refractivity contribution is -0.138. The molecule has 0 saturated heterocycles. The SMILES string of the molecule is CC(C)OC(C)CC(CN)CC(=O)O. The number of nitrogens with two attached hydrogens (primary N) is 1. The first-order valence-electron chi connectivity index (χ1n) is 5.03. The van der Waals surface area contributed by atoms with Gasteiger partial charge in [-0.2, -0.15) is 0 Å². The predicted octanol–water partition coefficient (Wildman–Crippen LogP) is 1.24. The highest BCUT2D eigenvalue weighted by molar-refractivity contribution is 5.67. The van der Waals surface area contributed by atoms with E-state index in [9.17, 15) is 4.79 Å². The molecule has 4 nitrogen and oxygen atoms in total. The van der Waals surface area contributed by atoms with Crippen LogP contribution in [0.4, 0.5) is 0 Å². The second kappa shape index (κ2) is 6.79. The largest absolute Gasteiger partial charge is 0.481 e. The van der Waals surface area contributed by atoms with E-state index in [4.69, 9.17) is 15.6 Å². The zero-order valence-electron chi connectivity index (χ0n) is 9.19. The van der Waals surface area contributed by atoms with Crippen molar-refractivity contribution < 1.29 is 14.6 Å². The first-order chi connectivity index (χ1) is 6.45. The van der Waals surface area contributed by atoms with Crippen LogP contribution in [0.25, 0.3) is 0 Å². The lowest BCUT2D eigenvalue weighted by Crippen LogP contribution is -2.25. The number of hydrogen-bond donors (Lipinski definition) is 2. The normalized spacial score (nSPS) is 15.5. The third-order valence-corrected chi connectivity index (χ3v) is 1.97. The van der Waals surface area contributed by atoms with Crippen LogP contribution in [0.1, 0.15) is 33.6 Å². The molecule has 0 spiro atoms. The van der Waals surface area contributed by atoms with Gasteiger partial charge in [0.15, 0.2) is 0 Å². The Morgan fingerprint density at radius 3 is 2.36 bits per heavy atom. The third kappa shape index (κ3) is 6.86. The summed E-state index contributed by atoms with van der Waals surface area (Å²) in [5.74, 6) is -0.779. The van der Waals surface area contributed by atoms with E-state index in [0.717, 1.165) is 0 Å². The van der Waals surface area contributed by atoms with Gasteiger partial charge >= 0.3 is 5.97 Å². The molecule has 0 rings (SSSR count). The lowest BCUT2D eigenvalue weighted by Gasteiger charge is -2.20. The second-order valence-electron chi connectivity index (χ2n) is 3.93. The summed E-state index contributed by atoms with van der Waals surface area (Å²) < 4.78 is 5.52. The first kappa shape index (κ1) is 13.4. The fraction of sp³-hybridized carbons (Fsp3) is 0.900. The minimum absolute atomic E-state index is 0.0150. The highest BCUT2D eigenvalue weighted by atomic mass is 16.5. The van der Waals surface area contributed by atoms with Crippen LogP contribution in [0.2, 0.25) is 0 Å². The Morgan fingerprint density at radius 2 is 2.00 bits per heavy atom. The third-order valence-electron chi connectivity index (χ3n) is 1.97. The molecule has 84 valence electrons. The van der Waals surface area contributed by atoms with Crippen molar-refractivity contribution in [3.63, 3.8) is 0 Å². The van der Waals surface area contributed by atoms with Crippen molar-refractivity contribution in [2.24, 2.45) is 11.7 Å². The Balaban J connectivity index is 3.85. The second-order valence-corrected chi connectivity index (χ2v) is 3.93. The summed E-state index contributed by atoms with van der Waals surface area (Å²) in [6, 6.07) is 0. The Labute approximate surface area is 85.4 Å². The Morgan fingerprint density at radius 1 is 1.43 bits per heavy atom. The van der Waals surface area contributed by atoms with Crippen molar-refractivity contribution in [2.45, 2.75) is 45.8 Å². The molecule has 0 aromatic heterocycles. The molecule has 0 aliphatic carbocycles. The summed E-state index contributed by atoms with van der Waals surface area (Å²) >= 11 is 0. The average molecular weight is 203 g/mol. The summed E-state index contributed by atoms with van der Waals surface area (Å²) in [4.78, 5) is 10.5. The number of aliphatic carboxylic acids is 1. The smallest absolute Gasteiger partial charge is 0.303 e. The van der Waals surface area contributed by atoms with E-state index in [2.05, 4.69) is 0 Å². The molecule has 2 atom stereocenters. The molecule has 0 fully saturated rings. The van der Waals surface area contributed by atoms with Gasteiger partial charge in [0, 0.05) is 6.42 Å². The minimum atomic E-state index is -0.794. The molecule has 0 aliphatic rings. The summed E-state index contributed by atoms with van der Waals surface area (Å²) in [7, 11) is 0. The van der Waals surface area contributed by atoms with Crippen molar-refractivity contribution >= 4 is 5.97 Å². The highest BCUT2D eigenvalue weighted by Crippen LogP contribution is 2.13. The molecule has 0 aromatic rings. The molecular formula is C10H21NO3. The molecule has 3 N–H and O–H groups in total. The molecular weight excluding hydrogens is 182 g/mol. The van der Waals surface area contributed by atoms with Gasteiger partial charge in [-0.05, 0) is 39.7 Å². The topological polar surface area (TPSA) is 72.5 Å². The number of hydrogen-bond acceptors (Lipinski definition) is 3. The molecule has 0 aliphatic heterocycles. The van der Waals surface area contributed by atoms with E-state index in [-0.39, 0.29) is 24.5 Å². The van der Waals surface area contributed by atoms with Gasteiger partial charge in [0.2, 0.25) is 0 Å². The van der Waals surface area contributed by atoms with E-state index in [0.29, 0.717) is 13.0 Å². The van der Waals surface area contributed by atoms with E-state index in [1.54, 1.807) is 0 Å². The molecule has 0 aromatic carbocycles. The van der Waals surface area contributed by atoms with Gasteiger partial charge in [-0.3, -0.25) is 4.79 Å². The van der Waals surface area contributed by atoms with Crippen LogP contribution in [0.15, 0.2) is 0 Å². The van der Waals surface area contributed by atoms with Crippen molar-refractivity contribution in [1.29, 1.82) is 0 Å². The van der Waals surface area contributed by atoms with E-state index in [1.165, 1.54) is 0 Å². The van der Waals surface area contributed by atoms with Crippen molar-refractivity contribution in [3.8, 4) is 0 Å². The zero-order valence-corrected chi connectivity index (χ0v) is 9.19. The number of carbonyl (C=O) groups is 1. The standard InChI is InChI=1S/C10H21NO3/c1-7(2)14-8(3)4-9(6-11)5-10(12)13/h7-9H,4-6,11H2,1-3H3,(H,12,13). The fourth-order valence-electron chi connectivity index (χ4n) is 1.50. The van der Waals surface area contributed by atoms with Gasteiger partial charge in [-0.25, -0.2) is 0 Å². The zero-order chi connectivity index (χ0) is 11.1. The molecule has 0 bridgehead atoms. The van der Waals surface area contributed by atoms with Crippen molar-refractivity contribution in [1.82, 2.24) is 0 Å². The van der Waals surface area contributed by atoms with E-state index in [1.807, 2.05) is 20.8 Å². The van der Waals surface area contributed by atoms with Crippen LogP contribution >= 0.6 is 0 Å². The highest BCUT2D eigenvalue weighted by Gasteiger charge is 2.16. The summed E-state index contributed by atoms with van der Waals surface area (Å²) in [5, 5.41) is 8.61. The number of carboxylic acids is 1. The molecule has 0 amide bonds. The maximum absolute atomic E-state index is 10.5. The summed E-state index contributed by atoms with van der Waals surface area (Å²) in [6.45, 7) is 6.28. The molecule has 2 unspecified atom stereocenters. The van der Waals surface area contributed by atoms with Crippen LogP contribution in [0.3, 0.4) is 0 Å². The maximum Gasteiger partial charge on any atom is 0.303 e. The van der Waals surface area contributed by atoms with Crippen LogP contribution in [0.5, 0.6) is 0 Å². The number of rotatable bonds is 7. The van der Waals surface area contributed by atoms with Gasteiger partial charge in [-0.15, -0.1) is 0 Å². The molecule has 4 heteroatoms. The summed E-state index contributed by atoms with van der Waals surface area (Å²) in [6.07, 6.45) is 1.08. The minimum Gasteiger partial charge on any atom is -0.481 e. The van der Waals surface area contributed by atoms with Gasteiger partial charge in [0.05, 0.1) is 12.2 Å². The molecule has 0 radical (unpaired) electrons. The quantitative estimate of drug-likeness (QED) is 0.653. The molecule has 14 heavy (non-hydrogen) atoms.